The van der Waals surface area contributed by atoms with Crippen molar-refractivity contribution in [3.8, 4) is 0 Å². The number of carbonyl (C=O) groups is 1. The highest BCUT2D eigenvalue weighted by Crippen LogP contribution is 2.37. The molecule has 0 spiro atoms. The number of hydrogen-bond donors (Lipinski definition) is 1. The molecular formula is C19H20N2O3S2. The minimum absolute atomic E-state index is 0.0749. The van der Waals surface area contributed by atoms with Gasteiger partial charge in [-0.3, -0.25) is 9.10 Å². The highest BCUT2D eigenvalue weighted by atomic mass is 32.2. The van der Waals surface area contributed by atoms with Crippen LogP contribution in [0, 0.1) is 5.92 Å². The Balaban J connectivity index is 1.74. The number of rotatable bonds is 2. The van der Waals surface area contributed by atoms with Crippen LogP contribution in [-0.2, 0) is 21.2 Å². The van der Waals surface area contributed by atoms with Crippen LogP contribution in [0.1, 0.15) is 18.9 Å². The molecule has 2 aliphatic heterocycles. The van der Waals surface area contributed by atoms with Crippen molar-refractivity contribution in [3.63, 3.8) is 0 Å². The van der Waals surface area contributed by atoms with Gasteiger partial charge >= 0.3 is 0 Å². The number of amides is 1. The number of carbonyl (C=O) groups excluding carboxylic acids is 1. The van der Waals surface area contributed by atoms with E-state index in [2.05, 4.69) is 5.32 Å². The van der Waals surface area contributed by atoms with E-state index in [1.165, 1.54) is 4.31 Å². The molecule has 2 aromatic rings. The second-order valence-corrected chi connectivity index (χ2v) is 9.59. The summed E-state index contributed by atoms with van der Waals surface area (Å²) < 4.78 is 28.0. The summed E-state index contributed by atoms with van der Waals surface area (Å²) in [5, 5.41) is 2.86. The molecule has 0 saturated heterocycles. The molecule has 1 atom stereocenters. The van der Waals surface area contributed by atoms with Gasteiger partial charge in [-0.05, 0) is 42.7 Å². The van der Waals surface area contributed by atoms with Gasteiger partial charge in [0.15, 0.2) is 0 Å². The van der Waals surface area contributed by atoms with Crippen LogP contribution in [0.4, 0.5) is 11.4 Å². The van der Waals surface area contributed by atoms with E-state index in [0.717, 1.165) is 29.0 Å². The summed E-state index contributed by atoms with van der Waals surface area (Å²) in [5.41, 5.74) is 2.38. The fraction of sp³-hybridized carbons (Fsp3) is 0.316. The minimum Gasteiger partial charge on any atom is -0.325 e. The number of sulfonamides is 1. The Labute approximate surface area is 157 Å². The molecule has 7 heteroatoms. The largest absolute Gasteiger partial charge is 0.325 e. The number of fused-ring (bicyclic) bond motifs is 2. The van der Waals surface area contributed by atoms with Gasteiger partial charge in [-0.1, -0.05) is 25.1 Å². The summed E-state index contributed by atoms with van der Waals surface area (Å²) in [6.45, 7) is 2.34. The van der Waals surface area contributed by atoms with E-state index in [0.29, 0.717) is 18.0 Å². The third-order valence-corrected chi connectivity index (χ3v) is 7.94. The van der Waals surface area contributed by atoms with E-state index in [1.807, 2.05) is 31.2 Å². The average Bonchev–Trinajstić information content (AvgIpc) is 2.79. The molecule has 4 rings (SSSR count). The van der Waals surface area contributed by atoms with Crippen molar-refractivity contribution in [2.75, 3.05) is 21.9 Å². The first-order chi connectivity index (χ1) is 12.5. The zero-order chi connectivity index (χ0) is 18.3. The van der Waals surface area contributed by atoms with Gasteiger partial charge in [-0.25, -0.2) is 8.42 Å². The molecule has 0 fully saturated rings. The Morgan fingerprint density at radius 2 is 2.00 bits per heavy atom. The summed E-state index contributed by atoms with van der Waals surface area (Å²) >= 11 is 1.57. The van der Waals surface area contributed by atoms with Crippen molar-refractivity contribution in [3.05, 3.63) is 48.0 Å². The maximum atomic E-state index is 13.3. The number of benzene rings is 2. The zero-order valence-electron chi connectivity index (χ0n) is 14.4. The molecule has 1 unspecified atom stereocenters. The van der Waals surface area contributed by atoms with Gasteiger partial charge in [0, 0.05) is 23.1 Å². The summed E-state index contributed by atoms with van der Waals surface area (Å²) in [5.74, 6) is 0.500. The number of nitrogens with one attached hydrogen (secondary N) is 1. The molecule has 1 amide bonds. The zero-order valence-corrected chi connectivity index (χ0v) is 16.1. The van der Waals surface area contributed by atoms with E-state index in [1.54, 1.807) is 30.0 Å². The van der Waals surface area contributed by atoms with E-state index >= 15 is 0 Å². The van der Waals surface area contributed by atoms with Gasteiger partial charge in [0.1, 0.15) is 0 Å². The summed E-state index contributed by atoms with van der Waals surface area (Å²) in [6.07, 6.45) is 1.68. The van der Waals surface area contributed by atoms with Crippen molar-refractivity contribution in [1.82, 2.24) is 0 Å². The van der Waals surface area contributed by atoms with Crippen molar-refractivity contribution in [2.24, 2.45) is 5.92 Å². The van der Waals surface area contributed by atoms with Crippen molar-refractivity contribution < 1.29 is 13.2 Å². The molecule has 0 aliphatic carbocycles. The van der Waals surface area contributed by atoms with Crippen LogP contribution in [-0.4, -0.2) is 26.6 Å². The van der Waals surface area contributed by atoms with Crippen LogP contribution in [0.5, 0.6) is 0 Å². The van der Waals surface area contributed by atoms with Crippen LogP contribution in [0.2, 0.25) is 0 Å². The Bertz CT molecular complexity index is 972. The van der Waals surface area contributed by atoms with Crippen LogP contribution in [0.15, 0.2) is 52.3 Å². The smallest absolute Gasteiger partial charge is 0.264 e. The third kappa shape index (κ3) is 2.99. The number of para-hydroxylation sites is 1. The Kier molecular flexibility index (Phi) is 4.44. The van der Waals surface area contributed by atoms with Crippen LogP contribution in [0.25, 0.3) is 0 Å². The van der Waals surface area contributed by atoms with Crippen molar-refractivity contribution in [1.29, 1.82) is 0 Å². The quantitative estimate of drug-likeness (QED) is 0.855. The predicted octanol–water partition coefficient (Wildman–Crippen LogP) is 3.51. The first-order valence-corrected chi connectivity index (χ1v) is 11.1. The molecule has 26 heavy (non-hydrogen) atoms. The van der Waals surface area contributed by atoms with Crippen LogP contribution < -0.4 is 9.62 Å². The molecule has 0 saturated carbocycles. The van der Waals surface area contributed by atoms with E-state index in [-0.39, 0.29) is 16.7 Å². The second-order valence-electron chi connectivity index (χ2n) is 6.67. The molecule has 5 nitrogen and oxygen atoms in total. The maximum Gasteiger partial charge on any atom is 0.264 e. The van der Waals surface area contributed by atoms with E-state index in [4.69, 9.17) is 0 Å². The minimum atomic E-state index is -3.68. The summed E-state index contributed by atoms with van der Waals surface area (Å²) in [7, 11) is -3.68. The lowest BCUT2D eigenvalue weighted by Gasteiger charge is -2.30. The summed E-state index contributed by atoms with van der Waals surface area (Å²) in [4.78, 5) is 13.2. The van der Waals surface area contributed by atoms with Gasteiger partial charge < -0.3 is 5.32 Å². The molecule has 2 heterocycles. The predicted molar refractivity (Wildman–Crippen MR) is 104 cm³/mol. The van der Waals surface area contributed by atoms with Crippen LogP contribution in [0.3, 0.4) is 0 Å². The molecule has 0 bridgehead atoms. The third-order valence-electron chi connectivity index (χ3n) is 4.80. The fourth-order valence-electron chi connectivity index (χ4n) is 3.32. The van der Waals surface area contributed by atoms with Crippen molar-refractivity contribution >= 4 is 39.1 Å². The SMILES string of the molecule is CC1CSc2ccc(S(=O)(=O)N3CCCc4ccccc43)cc2NC1=O. The van der Waals surface area contributed by atoms with E-state index < -0.39 is 10.0 Å². The second kappa shape index (κ2) is 6.63. The van der Waals surface area contributed by atoms with Gasteiger partial charge in [0.2, 0.25) is 5.91 Å². The molecule has 2 aliphatic rings. The lowest BCUT2D eigenvalue weighted by atomic mass is 10.0. The van der Waals surface area contributed by atoms with Gasteiger partial charge in [0.25, 0.3) is 10.0 Å². The number of aryl methyl sites for hydroxylation is 1. The molecule has 2 aromatic carbocycles. The molecule has 0 aromatic heterocycles. The van der Waals surface area contributed by atoms with Gasteiger partial charge in [-0.2, -0.15) is 0 Å². The van der Waals surface area contributed by atoms with E-state index in [9.17, 15) is 13.2 Å². The van der Waals surface area contributed by atoms with Crippen LogP contribution >= 0.6 is 11.8 Å². The Morgan fingerprint density at radius 1 is 1.19 bits per heavy atom. The topological polar surface area (TPSA) is 66.5 Å². The number of nitrogens with zero attached hydrogens (tertiary/aromatic N) is 1. The summed E-state index contributed by atoms with van der Waals surface area (Å²) in [6, 6.07) is 12.7. The molecule has 136 valence electrons. The van der Waals surface area contributed by atoms with Gasteiger partial charge in [-0.15, -0.1) is 11.8 Å². The normalized spacial score (nSPS) is 20.0. The highest BCUT2D eigenvalue weighted by molar-refractivity contribution is 7.99. The molecule has 0 radical (unpaired) electrons. The Hall–Kier alpha value is -1.99. The molecule has 1 N–H and O–H groups in total. The monoisotopic (exact) mass is 388 g/mol. The lowest BCUT2D eigenvalue weighted by Crippen LogP contribution is -2.35. The average molecular weight is 389 g/mol. The maximum absolute atomic E-state index is 13.3. The molecular weight excluding hydrogens is 368 g/mol. The standard InChI is InChI=1S/C19H20N2O3S2/c1-13-12-25-18-9-8-15(11-16(18)20-19(13)22)26(23,24)21-10-4-6-14-5-2-3-7-17(14)21/h2-3,5,7-9,11,13H,4,6,10,12H2,1H3,(H,20,22). The number of thioether (sulfide) groups is 1. The van der Waals surface area contributed by atoms with Gasteiger partial charge in [0.05, 0.1) is 16.3 Å². The first-order valence-electron chi connectivity index (χ1n) is 8.65. The number of anilines is 2. The Morgan fingerprint density at radius 3 is 2.85 bits per heavy atom. The first kappa shape index (κ1) is 17.4. The fourth-order valence-corrected chi connectivity index (χ4v) is 5.89. The van der Waals surface area contributed by atoms with Crippen molar-refractivity contribution in [2.45, 2.75) is 29.6 Å². The highest BCUT2D eigenvalue weighted by Gasteiger charge is 2.30. The lowest BCUT2D eigenvalue weighted by molar-refractivity contribution is -0.118. The number of hydrogen-bond acceptors (Lipinski definition) is 4.